The molecule has 0 spiro atoms. The van der Waals surface area contributed by atoms with Crippen LogP contribution in [0.4, 0.5) is 0 Å². The van der Waals surface area contributed by atoms with Gasteiger partial charge in [-0.3, -0.25) is 0 Å². The Morgan fingerprint density at radius 2 is 1.86 bits per heavy atom. The minimum absolute atomic E-state index is 0. The van der Waals surface area contributed by atoms with Gasteiger partial charge in [0.2, 0.25) is 0 Å². The molecule has 1 heterocycles. The van der Waals surface area contributed by atoms with E-state index in [1.807, 2.05) is 0 Å². The Balaban J connectivity index is 0.000000360. The predicted molar refractivity (Wildman–Crippen MR) is 28.3 cm³/mol. The molecule has 0 unspecified atom stereocenters. The maximum absolute atomic E-state index is 10.0. The van der Waals surface area contributed by atoms with Gasteiger partial charge in [-0.2, -0.15) is 4.21 Å². The standard InChI is InChI=1S/CH2O3S2.Na/c2-6(5)3-1-4-6;/h1H2;. The predicted octanol–water partition coefficient (Wildman–Crippen LogP) is -0.814. The summed E-state index contributed by atoms with van der Waals surface area (Å²) in [5.41, 5.74) is 0. The van der Waals surface area contributed by atoms with Crippen LogP contribution in [0.5, 0.6) is 0 Å². The van der Waals surface area contributed by atoms with Crippen molar-refractivity contribution >= 4 is 49.8 Å². The summed E-state index contributed by atoms with van der Waals surface area (Å²) in [6.45, 7) is 0.0856. The summed E-state index contributed by atoms with van der Waals surface area (Å²) in [5.74, 6) is 0. The Bertz CT molecular complexity index is 127. The van der Waals surface area contributed by atoms with E-state index in [1.165, 1.54) is 0 Å². The molecule has 0 aromatic rings. The number of rotatable bonds is 0. The fourth-order valence-corrected chi connectivity index (χ4v) is 0.616. The van der Waals surface area contributed by atoms with Crippen LogP contribution in [0, 0.1) is 0 Å². The van der Waals surface area contributed by atoms with Gasteiger partial charge >= 0.3 is 0 Å². The summed E-state index contributed by atoms with van der Waals surface area (Å²) in [6, 6.07) is 0. The van der Waals surface area contributed by atoms with E-state index in [9.17, 15) is 4.21 Å². The minimum atomic E-state index is -2.65. The topological polar surface area (TPSA) is 35.5 Å². The van der Waals surface area contributed by atoms with E-state index >= 15 is 0 Å². The quantitative estimate of drug-likeness (QED) is 0.422. The van der Waals surface area contributed by atoms with Gasteiger partial charge in [-0.1, -0.05) is 0 Å². The van der Waals surface area contributed by atoms with Crippen LogP contribution in [-0.2, 0) is 28.6 Å². The zero-order valence-electron chi connectivity index (χ0n) is 3.75. The minimum Gasteiger partial charge on any atom is -0.239 e. The zero-order valence-corrected chi connectivity index (χ0v) is 7.38. The van der Waals surface area contributed by atoms with Crippen LogP contribution in [0.1, 0.15) is 0 Å². The molecule has 1 rings (SSSR count). The van der Waals surface area contributed by atoms with Crippen LogP contribution in [0.3, 0.4) is 0 Å². The molecule has 1 radical (unpaired) electrons. The van der Waals surface area contributed by atoms with Crippen molar-refractivity contribution in [2.45, 2.75) is 0 Å². The van der Waals surface area contributed by atoms with Crippen molar-refractivity contribution < 1.29 is 12.6 Å². The molecule has 1 saturated heterocycles. The van der Waals surface area contributed by atoms with Crippen LogP contribution in [-0.4, -0.2) is 40.6 Å². The Labute approximate surface area is 68.7 Å². The summed E-state index contributed by atoms with van der Waals surface area (Å²) >= 11 is 4.16. The van der Waals surface area contributed by atoms with Crippen molar-refractivity contribution in [3.05, 3.63) is 0 Å². The summed E-state index contributed by atoms with van der Waals surface area (Å²) in [7, 11) is -2.65. The summed E-state index contributed by atoms with van der Waals surface area (Å²) < 4.78 is 18.5. The first kappa shape index (κ1) is 8.29. The zero-order chi connectivity index (χ0) is 4.62. The number of hydrogen-bond acceptors (Lipinski definition) is 4. The van der Waals surface area contributed by atoms with Gasteiger partial charge in [0.15, 0.2) is 6.79 Å². The van der Waals surface area contributed by atoms with Gasteiger partial charge in [0.25, 0.3) is 9.05 Å². The van der Waals surface area contributed by atoms with Crippen LogP contribution >= 0.6 is 0 Å². The summed E-state index contributed by atoms with van der Waals surface area (Å²) in [5, 5.41) is 0. The first-order valence-electron chi connectivity index (χ1n) is 1.24. The van der Waals surface area contributed by atoms with Gasteiger partial charge in [-0.25, -0.2) is 8.37 Å². The molecule has 0 aromatic heterocycles. The molecular weight excluding hydrogens is 147 g/mol. The normalized spacial score (nSPS) is 24.6. The molecule has 6 heteroatoms. The van der Waals surface area contributed by atoms with Gasteiger partial charge in [0.05, 0.1) is 0 Å². The van der Waals surface area contributed by atoms with Crippen molar-refractivity contribution in [2.75, 3.05) is 6.79 Å². The molecule has 1 fully saturated rings. The van der Waals surface area contributed by atoms with Crippen molar-refractivity contribution in [3.8, 4) is 0 Å². The van der Waals surface area contributed by atoms with E-state index in [2.05, 4.69) is 19.6 Å². The van der Waals surface area contributed by atoms with E-state index in [0.717, 1.165) is 0 Å². The molecule has 3 nitrogen and oxygen atoms in total. The van der Waals surface area contributed by atoms with Crippen molar-refractivity contribution in [3.63, 3.8) is 0 Å². The molecule has 0 aromatic carbocycles. The third-order valence-corrected chi connectivity index (χ3v) is 1.73. The van der Waals surface area contributed by atoms with Crippen molar-refractivity contribution in [2.24, 2.45) is 0 Å². The summed E-state index contributed by atoms with van der Waals surface area (Å²) in [4.78, 5) is 0. The molecule has 0 N–H and O–H groups in total. The van der Waals surface area contributed by atoms with E-state index in [4.69, 9.17) is 0 Å². The van der Waals surface area contributed by atoms with Crippen molar-refractivity contribution in [1.82, 2.24) is 0 Å². The Morgan fingerprint density at radius 1 is 1.57 bits per heavy atom. The fraction of sp³-hybridized carbons (Fsp3) is 1.00. The van der Waals surface area contributed by atoms with Crippen LogP contribution in [0.2, 0.25) is 0 Å². The molecule has 37 valence electrons. The second kappa shape index (κ2) is 2.72. The van der Waals surface area contributed by atoms with Crippen LogP contribution < -0.4 is 0 Å². The molecule has 7 heavy (non-hydrogen) atoms. The maximum Gasteiger partial charge on any atom is 0.273 e. The second-order valence-corrected chi connectivity index (χ2v) is 3.27. The van der Waals surface area contributed by atoms with Gasteiger partial charge in [0, 0.05) is 40.7 Å². The van der Waals surface area contributed by atoms with E-state index in [0.29, 0.717) is 0 Å². The third kappa shape index (κ3) is 2.36. The smallest absolute Gasteiger partial charge is 0.239 e. The third-order valence-electron chi connectivity index (χ3n) is 0.385. The van der Waals surface area contributed by atoms with Gasteiger partial charge in [-0.15, -0.1) is 0 Å². The van der Waals surface area contributed by atoms with Crippen LogP contribution in [0.25, 0.3) is 0 Å². The SMILES string of the molecule is O=S1(=S)OCO1.[Na]. The van der Waals surface area contributed by atoms with Gasteiger partial charge in [-0.05, 0) is 0 Å². The van der Waals surface area contributed by atoms with E-state index in [-0.39, 0.29) is 36.4 Å². The second-order valence-electron chi connectivity index (χ2n) is 0.762. The summed E-state index contributed by atoms with van der Waals surface area (Å²) in [6.07, 6.45) is 0. The van der Waals surface area contributed by atoms with E-state index in [1.54, 1.807) is 0 Å². The van der Waals surface area contributed by atoms with Crippen molar-refractivity contribution in [1.29, 1.82) is 0 Å². The molecule has 1 aliphatic rings. The number of hydrogen-bond donors (Lipinski definition) is 0. The van der Waals surface area contributed by atoms with E-state index < -0.39 is 9.05 Å². The first-order valence-corrected chi connectivity index (χ1v) is 3.58. The molecule has 0 saturated carbocycles. The monoisotopic (exact) mass is 149 g/mol. The first-order chi connectivity index (χ1) is 2.71. The average Bonchev–Trinajstić information content (AvgIpc) is 1.32. The molecule has 1 aliphatic heterocycles. The van der Waals surface area contributed by atoms with Crippen LogP contribution in [0.15, 0.2) is 0 Å². The maximum atomic E-state index is 10.0. The largest absolute Gasteiger partial charge is 0.273 e. The fourth-order valence-electron chi connectivity index (χ4n) is 0.127. The van der Waals surface area contributed by atoms with Gasteiger partial charge in [0.1, 0.15) is 0 Å². The Kier molecular flexibility index (Phi) is 3.23. The molecule has 0 atom stereocenters. The molecule has 0 bridgehead atoms. The van der Waals surface area contributed by atoms with Gasteiger partial charge < -0.3 is 0 Å². The Hall–Kier alpha value is 1.29. The average molecular weight is 149 g/mol. The molecular formula is CH2NaO3S2. The molecule has 0 amide bonds. The molecule has 0 aliphatic carbocycles. The Morgan fingerprint density at radius 3 is 1.86 bits per heavy atom.